The van der Waals surface area contributed by atoms with E-state index in [2.05, 4.69) is 5.32 Å². The molecule has 0 spiro atoms. The Hall–Kier alpha value is -1.55. The number of nitrogens with one attached hydrogen (secondary N) is 1. The molecule has 1 aliphatic heterocycles. The van der Waals surface area contributed by atoms with Crippen molar-refractivity contribution in [3.8, 4) is 5.75 Å². The van der Waals surface area contributed by atoms with Gasteiger partial charge in [-0.15, -0.1) is 0 Å². The first-order valence-electron chi connectivity index (χ1n) is 7.36. The highest BCUT2D eigenvalue weighted by atomic mass is 16.5. The molecule has 1 fully saturated rings. The maximum Gasteiger partial charge on any atom is 0.254 e. The van der Waals surface area contributed by atoms with E-state index in [1.807, 2.05) is 36.2 Å². The average molecular weight is 276 g/mol. The summed E-state index contributed by atoms with van der Waals surface area (Å²) >= 11 is 0. The molecule has 4 heteroatoms. The molecule has 0 radical (unpaired) electrons. The molecular formula is C16H24N2O2. The van der Waals surface area contributed by atoms with Crippen LogP contribution in [0.5, 0.6) is 5.75 Å². The number of carbonyl (C=O) groups excluding carboxylic acids is 1. The summed E-state index contributed by atoms with van der Waals surface area (Å²) in [6.07, 6.45) is 4.47. The third-order valence-corrected chi connectivity index (χ3v) is 3.95. The standard InChI is InChI=1S/C16H24N2O2/c1-17-11-10-14-5-3-4-12-18(14)16(19)13-6-8-15(20-2)9-7-13/h6-9,14,17H,3-5,10-12H2,1-2H3. The second-order valence-electron chi connectivity index (χ2n) is 5.27. The second-order valence-corrected chi connectivity index (χ2v) is 5.27. The largest absolute Gasteiger partial charge is 0.497 e. The Morgan fingerprint density at radius 3 is 2.75 bits per heavy atom. The summed E-state index contributed by atoms with van der Waals surface area (Å²) in [5, 5.41) is 3.17. The third kappa shape index (κ3) is 3.51. The van der Waals surface area contributed by atoms with Crippen molar-refractivity contribution in [1.29, 1.82) is 0 Å². The van der Waals surface area contributed by atoms with E-state index in [0.29, 0.717) is 6.04 Å². The van der Waals surface area contributed by atoms with Gasteiger partial charge in [-0.1, -0.05) is 0 Å². The Labute approximate surface area is 121 Å². The number of amides is 1. The predicted octanol–water partition coefficient (Wildman–Crippen LogP) is 2.30. The zero-order valence-corrected chi connectivity index (χ0v) is 12.4. The fraction of sp³-hybridized carbons (Fsp3) is 0.562. The molecule has 0 bridgehead atoms. The molecule has 1 atom stereocenters. The van der Waals surface area contributed by atoms with Crippen LogP contribution in [-0.4, -0.2) is 44.1 Å². The van der Waals surface area contributed by atoms with Crippen LogP contribution in [0.2, 0.25) is 0 Å². The topological polar surface area (TPSA) is 41.6 Å². The zero-order chi connectivity index (χ0) is 14.4. The minimum absolute atomic E-state index is 0.147. The van der Waals surface area contributed by atoms with E-state index >= 15 is 0 Å². The molecule has 0 aromatic heterocycles. The first-order chi connectivity index (χ1) is 9.76. The quantitative estimate of drug-likeness (QED) is 0.897. The van der Waals surface area contributed by atoms with Gasteiger partial charge < -0.3 is 15.0 Å². The summed E-state index contributed by atoms with van der Waals surface area (Å²) in [6.45, 7) is 1.83. The molecule has 1 unspecified atom stereocenters. The number of piperidine rings is 1. The van der Waals surface area contributed by atoms with Crippen molar-refractivity contribution in [3.63, 3.8) is 0 Å². The van der Waals surface area contributed by atoms with Crippen molar-refractivity contribution in [2.45, 2.75) is 31.7 Å². The normalized spacial score (nSPS) is 18.9. The molecule has 1 saturated heterocycles. The number of benzene rings is 1. The van der Waals surface area contributed by atoms with Gasteiger partial charge >= 0.3 is 0 Å². The van der Waals surface area contributed by atoms with Gasteiger partial charge in [0, 0.05) is 18.2 Å². The molecule has 2 rings (SSSR count). The highest BCUT2D eigenvalue weighted by molar-refractivity contribution is 5.94. The number of hydrogen-bond donors (Lipinski definition) is 1. The fourth-order valence-electron chi connectivity index (χ4n) is 2.78. The van der Waals surface area contributed by atoms with Gasteiger partial charge in [-0.05, 0) is 63.5 Å². The van der Waals surface area contributed by atoms with Crippen LogP contribution in [0.3, 0.4) is 0 Å². The first-order valence-corrected chi connectivity index (χ1v) is 7.36. The van der Waals surface area contributed by atoms with Crippen LogP contribution in [0.15, 0.2) is 24.3 Å². The first kappa shape index (κ1) is 14.9. The summed E-state index contributed by atoms with van der Waals surface area (Å²) in [5.74, 6) is 0.931. The summed E-state index contributed by atoms with van der Waals surface area (Å²) < 4.78 is 5.14. The van der Waals surface area contributed by atoms with E-state index in [1.54, 1.807) is 7.11 Å². The van der Waals surface area contributed by atoms with Crippen molar-refractivity contribution < 1.29 is 9.53 Å². The number of rotatable bonds is 5. The van der Waals surface area contributed by atoms with Crippen molar-refractivity contribution in [3.05, 3.63) is 29.8 Å². The Morgan fingerprint density at radius 1 is 1.35 bits per heavy atom. The van der Waals surface area contributed by atoms with Crippen LogP contribution in [-0.2, 0) is 0 Å². The van der Waals surface area contributed by atoms with E-state index in [1.165, 1.54) is 6.42 Å². The third-order valence-electron chi connectivity index (χ3n) is 3.95. The van der Waals surface area contributed by atoms with Gasteiger partial charge in [0.05, 0.1) is 7.11 Å². The van der Waals surface area contributed by atoms with Gasteiger partial charge in [0.2, 0.25) is 0 Å². The molecule has 1 aromatic rings. The van der Waals surface area contributed by atoms with Gasteiger partial charge in [0.1, 0.15) is 5.75 Å². The summed E-state index contributed by atoms with van der Waals surface area (Å²) in [4.78, 5) is 14.7. The molecule has 0 saturated carbocycles. The number of carbonyl (C=O) groups is 1. The van der Waals surface area contributed by atoms with Crippen LogP contribution >= 0.6 is 0 Å². The molecule has 1 aromatic carbocycles. The molecule has 1 N–H and O–H groups in total. The Balaban J connectivity index is 2.07. The van der Waals surface area contributed by atoms with Gasteiger partial charge in [0.25, 0.3) is 5.91 Å². The highest BCUT2D eigenvalue weighted by Crippen LogP contribution is 2.22. The zero-order valence-electron chi connectivity index (χ0n) is 12.4. The maximum absolute atomic E-state index is 12.6. The lowest BCUT2D eigenvalue weighted by Gasteiger charge is -2.36. The summed E-state index contributed by atoms with van der Waals surface area (Å²) in [7, 11) is 3.59. The number of hydrogen-bond acceptors (Lipinski definition) is 3. The van der Waals surface area contributed by atoms with E-state index in [4.69, 9.17) is 4.74 Å². The number of methoxy groups -OCH3 is 1. The van der Waals surface area contributed by atoms with Gasteiger partial charge in [-0.3, -0.25) is 4.79 Å². The van der Waals surface area contributed by atoms with E-state index in [9.17, 15) is 4.79 Å². The van der Waals surface area contributed by atoms with Crippen molar-refractivity contribution in [2.24, 2.45) is 0 Å². The monoisotopic (exact) mass is 276 g/mol. The van der Waals surface area contributed by atoms with Crippen molar-refractivity contribution in [1.82, 2.24) is 10.2 Å². The molecule has 1 aliphatic rings. The minimum atomic E-state index is 0.147. The van der Waals surface area contributed by atoms with Gasteiger partial charge in [-0.2, -0.15) is 0 Å². The van der Waals surface area contributed by atoms with Crippen LogP contribution in [0.1, 0.15) is 36.0 Å². The molecule has 4 nitrogen and oxygen atoms in total. The molecular weight excluding hydrogens is 252 g/mol. The molecule has 110 valence electrons. The molecule has 1 amide bonds. The Bertz CT molecular complexity index is 431. The van der Waals surface area contributed by atoms with E-state index in [-0.39, 0.29) is 5.91 Å². The second kappa shape index (κ2) is 7.29. The van der Waals surface area contributed by atoms with Gasteiger partial charge in [0.15, 0.2) is 0 Å². The van der Waals surface area contributed by atoms with Gasteiger partial charge in [-0.25, -0.2) is 0 Å². The highest BCUT2D eigenvalue weighted by Gasteiger charge is 2.26. The van der Waals surface area contributed by atoms with Crippen LogP contribution in [0.4, 0.5) is 0 Å². The SMILES string of the molecule is CNCCC1CCCCN1C(=O)c1ccc(OC)cc1. The molecule has 20 heavy (non-hydrogen) atoms. The van der Waals surface area contributed by atoms with Crippen LogP contribution in [0.25, 0.3) is 0 Å². The lowest BCUT2D eigenvalue weighted by molar-refractivity contribution is 0.0602. The lowest BCUT2D eigenvalue weighted by Crippen LogP contribution is -2.44. The maximum atomic E-state index is 12.6. The van der Waals surface area contributed by atoms with Crippen LogP contribution in [0, 0.1) is 0 Å². The van der Waals surface area contributed by atoms with E-state index in [0.717, 1.165) is 43.7 Å². The lowest BCUT2D eigenvalue weighted by atomic mass is 9.98. The average Bonchev–Trinajstić information content (AvgIpc) is 2.52. The number of nitrogens with zero attached hydrogens (tertiary/aromatic N) is 1. The van der Waals surface area contributed by atoms with Crippen LogP contribution < -0.4 is 10.1 Å². The summed E-state index contributed by atoms with van der Waals surface area (Å²) in [6, 6.07) is 7.76. The molecule has 1 heterocycles. The fourth-order valence-corrected chi connectivity index (χ4v) is 2.78. The van der Waals surface area contributed by atoms with E-state index < -0.39 is 0 Å². The summed E-state index contributed by atoms with van der Waals surface area (Å²) in [5.41, 5.74) is 0.752. The molecule has 0 aliphatic carbocycles. The smallest absolute Gasteiger partial charge is 0.254 e. The number of ether oxygens (including phenoxy) is 1. The number of likely N-dealkylation sites (tertiary alicyclic amines) is 1. The Morgan fingerprint density at radius 2 is 2.10 bits per heavy atom. The van der Waals surface area contributed by atoms with Crippen molar-refractivity contribution >= 4 is 5.91 Å². The minimum Gasteiger partial charge on any atom is -0.497 e. The van der Waals surface area contributed by atoms with Crippen molar-refractivity contribution in [2.75, 3.05) is 27.2 Å². The Kier molecular flexibility index (Phi) is 5.41. The predicted molar refractivity (Wildman–Crippen MR) is 80.2 cm³/mol.